The van der Waals surface area contributed by atoms with E-state index < -0.39 is 0 Å². The van der Waals surface area contributed by atoms with Crippen LogP contribution in [0, 0.1) is 6.92 Å². The van der Waals surface area contributed by atoms with Crippen LogP contribution in [0.15, 0.2) is 61.2 Å². The quantitative estimate of drug-likeness (QED) is 0.806. The fraction of sp³-hybridized carbons (Fsp3) is 0.158. The lowest BCUT2D eigenvalue weighted by atomic mass is 10.1. The molecule has 0 atom stereocenters. The van der Waals surface area contributed by atoms with Crippen LogP contribution in [-0.2, 0) is 6.54 Å². The maximum Gasteiger partial charge on any atom is 0.251 e. The predicted molar refractivity (Wildman–Crippen MR) is 91.3 cm³/mol. The number of aryl methyl sites for hydroxylation is 1. The van der Waals surface area contributed by atoms with Gasteiger partial charge >= 0.3 is 0 Å². The minimum atomic E-state index is -0.224. The molecule has 2 N–H and O–H groups in total. The Morgan fingerprint density at radius 3 is 2.30 bits per heavy atom. The average molecular weight is 308 g/mol. The van der Waals surface area contributed by atoms with Gasteiger partial charge in [-0.05, 0) is 30.7 Å². The van der Waals surface area contributed by atoms with Crippen molar-refractivity contribution >= 4 is 11.8 Å². The van der Waals surface area contributed by atoms with Crippen molar-refractivity contribution in [3.8, 4) is 0 Å². The van der Waals surface area contributed by atoms with Gasteiger partial charge in [0, 0.05) is 24.2 Å². The van der Waals surface area contributed by atoms with Gasteiger partial charge in [0.05, 0.1) is 0 Å². The first kappa shape index (κ1) is 16.5. The second-order valence-corrected chi connectivity index (χ2v) is 5.25. The monoisotopic (exact) mass is 308 g/mol. The van der Waals surface area contributed by atoms with Crippen LogP contribution in [0.25, 0.3) is 0 Å². The Kier molecular flexibility index (Phi) is 5.69. The molecule has 23 heavy (non-hydrogen) atoms. The molecule has 4 heteroatoms. The summed E-state index contributed by atoms with van der Waals surface area (Å²) in [5.41, 5.74) is 3.11. The van der Waals surface area contributed by atoms with E-state index in [0.717, 1.165) is 11.1 Å². The summed E-state index contributed by atoms with van der Waals surface area (Å²) in [5.74, 6) is -0.428. The van der Waals surface area contributed by atoms with Crippen molar-refractivity contribution in [3.05, 3.63) is 83.4 Å². The molecule has 0 heterocycles. The number of rotatable bonds is 6. The molecule has 118 valence electrons. The minimum Gasteiger partial charge on any atom is -0.349 e. The topological polar surface area (TPSA) is 58.2 Å². The first-order valence-corrected chi connectivity index (χ1v) is 7.43. The standard InChI is InChI=1S/C19H20N2O2/c1-3-10-20-18(22)16-8-5-9-17(12-16)19(23)21-13-15-7-4-6-14(2)11-15/h3-9,11-12H,1,10,13H2,2H3,(H,20,22)(H,21,23). The number of carbonyl (C=O) groups excluding carboxylic acids is 2. The zero-order chi connectivity index (χ0) is 16.7. The fourth-order valence-electron chi connectivity index (χ4n) is 2.18. The van der Waals surface area contributed by atoms with Crippen molar-refractivity contribution in [1.82, 2.24) is 10.6 Å². The molecule has 0 saturated heterocycles. The summed E-state index contributed by atoms with van der Waals surface area (Å²) in [6, 6.07) is 14.6. The van der Waals surface area contributed by atoms with Crippen molar-refractivity contribution in [2.24, 2.45) is 0 Å². The van der Waals surface area contributed by atoms with Crippen molar-refractivity contribution in [2.75, 3.05) is 6.54 Å². The number of nitrogens with one attached hydrogen (secondary N) is 2. The third-order valence-electron chi connectivity index (χ3n) is 3.33. The summed E-state index contributed by atoms with van der Waals surface area (Å²) in [5, 5.41) is 5.56. The molecule has 0 aliphatic heterocycles. The largest absolute Gasteiger partial charge is 0.349 e. The van der Waals surface area contributed by atoms with Gasteiger partial charge in [0.1, 0.15) is 0 Å². The van der Waals surface area contributed by atoms with E-state index in [0.29, 0.717) is 24.2 Å². The van der Waals surface area contributed by atoms with Crippen LogP contribution in [0.2, 0.25) is 0 Å². The molecule has 0 spiro atoms. The van der Waals surface area contributed by atoms with Crippen molar-refractivity contribution < 1.29 is 9.59 Å². The van der Waals surface area contributed by atoms with E-state index in [9.17, 15) is 9.59 Å². The summed E-state index contributed by atoms with van der Waals surface area (Å²) < 4.78 is 0. The summed E-state index contributed by atoms with van der Waals surface area (Å²) in [7, 11) is 0. The van der Waals surface area contributed by atoms with E-state index in [1.54, 1.807) is 30.3 Å². The van der Waals surface area contributed by atoms with Crippen LogP contribution >= 0.6 is 0 Å². The summed E-state index contributed by atoms with van der Waals surface area (Å²) >= 11 is 0. The molecular formula is C19H20N2O2. The summed E-state index contributed by atoms with van der Waals surface area (Å²) in [6.07, 6.45) is 1.61. The van der Waals surface area contributed by atoms with Gasteiger partial charge in [-0.2, -0.15) is 0 Å². The average Bonchev–Trinajstić information content (AvgIpc) is 2.57. The Labute approximate surface area is 136 Å². The van der Waals surface area contributed by atoms with Gasteiger partial charge in [-0.25, -0.2) is 0 Å². The van der Waals surface area contributed by atoms with Crippen LogP contribution < -0.4 is 10.6 Å². The predicted octanol–water partition coefficient (Wildman–Crippen LogP) is 2.84. The Bertz CT molecular complexity index is 723. The van der Waals surface area contributed by atoms with Crippen molar-refractivity contribution in [1.29, 1.82) is 0 Å². The van der Waals surface area contributed by atoms with Gasteiger partial charge in [0.2, 0.25) is 0 Å². The molecule has 0 radical (unpaired) electrons. The van der Waals surface area contributed by atoms with Crippen LogP contribution in [0.5, 0.6) is 0 Å². The SMILES string of the molecule is C=CCNC(=O)c1cccc(C(=O)NCc2cccc(C)c2)c1. The Morgan fingerprint density at radius 2 is 1.65 bits per heavy atom. The van der Waals surface area contributed by atoms with Gasteiger partial charge in [-0.15, -0.1) is 6.58 Å². The second-order valence-electron chi connectivity index (χ2n) is 5.25. The number of hydrogen-bond acceptors (Lipinski definition) is 2. The number of carbonyl (C=O) groups is 2. The molecule has 2 aromatic rings. The highest BCUT2D eigenvalue weighted by Crippen LogP contribution is 2.07. The van der Waals surface area contributed by atoms with Gasteiger partial charge in [0.15, 0.2) is 0 Å². The molecule has 0 unspecified atom stereocenters. The molecule has 2 amide bonds. The number of amides is 2. The van der Waals surface area contributed by atoms with Gasteiger partial charge < -0.3 is 10.6 Å². The second kappa shape index (κ2) is 7.94. The highest BCUT2D eigenvalue weighted by atomic mass is 16.2. The normalized spacial score (nSPS) is 9.96. The maximum atomic E-state index is 12.2. The summed E-state index contributed by atoms with van der Waals surface area (Å²) in [4.78, 5) is 24.1. The molecule has 4 nitrogen and oxygen atoms in total. The first-order valence-electron chi connectivity index (χ1n) is 7.43. The molecule has 2 aromatic carbocycles. The first-order chi connectivity index (χ1) is 11.1. The van der Waals surface area contributed by atoms with E-state index in [1.807, 2.05) is 31.2 Å². The van der Waals surface area contributed by atoms with E-state index in [1.165, 1.54) is 0 Å². The molecule has 0 bridgehead atoms. The Morgan fingerprint density at radius 1 is 1.00 bits per heavy atom. The molecule has 0 saturated carbocycles. The third-order valence-corrected chi connectivity index (χ3v) is 3.33. The Hall–Kier alpha value is -2.88. The minimum absolute atomic E-state index is 0.204. The van der Waals surface area contributed by atoms with E-state index in [4.69, 9.17) is 0 Å². The zero-order valence-corrected chi connectivity index (χ0v) is 13.1. The molecule has 0 aliphatic rings. The van der Waals surface area contributed by atoms with Gasteiger partial charge in [-0.3, -0.25) is 9.59 Å². The molecule has 0 aromatic heterocycles. The van der Waals surface area contributed by atoms with Crippen LogP contribution in [0.1, 0.15) is 31.8 Å². The van der Waals surface area contributed by atoms with Crippen molar-refractivity contribution in [2.45, 2.75) is 13.5 Å². The zero-order valence-electron chi connectivity index (χ0n) is 13.1. The lowest BCUT2D eigenvalue weighted by Gasteiger charge is -2.08. The fourth-order valence-corrected chi connectivity index (χ4v) is 2.18. The van der Waals surface area contributed by atoms with Gasteiger partial charge in [0.25, 0.3) is 11.8 Å². The molecular weight excluding hydrogens is 288 g/mol. The highest BCUT2D eigenvalue weighted by Gasteiger charge is 2.09. The lowest BCUT2D eigenvalue weighted by Crippen LogP contribution is -2.25. The van der Waals surface area contributed by atoms with Gasteiger partial charge in [-0.1, -0.05) is 42.0 Å². The lowest BCUT2D eigenvalue weighted by molar-refractivity contribution is 0.0951. The highest BCUT2D eigenvalue weighted by molar-refractivity contribution is 5.99. The van der Waals surface area contributed by atoms with E-state index in [-0.39, 0.29) is 11.8 Å². The summed E-state index contributed by atoms with van der Waals surface area (Å²) in [6.45, 7) is 6.41. The van der Waals surface area contributed by atoms with E-state index >= 15 is 0 Å². The third kappa shape index (κ3) is 4.81. The van der Waals surface area contributed by atoms with Crippen molar-refractivity contribution in [3.63, 3.8) is 0 Å². The van der Waals surface area contributed by atoms with Crippen LogP contribution in [-0.4, -0.2) is 18.4 Å². The molecule has 0 aliphatic carbocycles. The molecule has 2 rings (SSSR count). The number of hydrogen-bond donors (Lipinski definition) is 2. The maximum absolute atomic E-state index is 12.2. The smallest absolute Gasteiger partial charge is 0.251 e. The Balaban J connectivity index is 2.02. The molecule has 0 fully saturated rings. The van der Waals surface area contributed by atoms with E-state index in [2.05, 4.69) is 17.2 Å². The van der Waals surface area contributed by atoms with Crippen LogP contribution in [0.3, 0.4) is 0 Å². The number of benzene rings is 2. The van der Waals surface area contributed by atoms with Crippen LogP contribution in [0.4, 0.5) is 0 Å².